The topological polar surface area (TPSA) is 89.8 Å². The third kappa shape index (κ3) is 2.89. The molecule has 3 rings (SSSR count). The number of hydrogen-bond donors (Lipinski definition) is 0. The third-order valence-electron chi connectivity index (χ3n) is 3.55. The first-order chi connectivity index (χ1) is 11.4. The van der Waals surface area contributed by atoms with Gasteiger partial charge in [-0.1, -0.05) is 30.3 Å². The molecular formula is C14H13N2O5PS2. The Hall–Kier alpha value is -1.64. The Bertz CT molecular complexity index is 916. The van der Waals surface area contributed by atoms with Crippen molar-refractivity contribution in [1.82, 2.24) is 4.08 Å². The second kappa shape index (κ2) is 6.34. The van der Waals surface area contributed by atoms with E-state index in [0.29, 0.717) is 5.30 Å². The van der Waals surface area contributed by atoms with Crippen LogP contribution in [0.3, 0.4) is 0 Å². The molecule has 10 heteroatoms. The van der Waals surface area contributed by atoms with Gasteiger partial charge in [-0.05, 0) is 23.9 Å². The molecule has 1 fully saturated rings. The molecule has 2 aromatic carbocycles. The van der Waals surface area contributed by atoms with Gasteiger partial charge in [-0.3, -0.25) is 10.1 Å². The van der Waals surface area contributed by atoms with Gasteiger partial charge in [0, 0.05) is 24.0 Å². The molecule has 1 atom stereocenters. The van der Waals surface area contributed by atoms with Crippen LogP contribution in [0.4, 0.5) is 5.69 Å². The first-order valence-corrected chi connectivity index (χ1v) is 11.0. The molecule has 0 N–H and O–H groups in total. The van der Waals surface area contributed by atoms with E-state index < -0.39 is 21.4 Å². The quantitative estimate of drug-likeness (QED) is 0.456. The maximum absolute atomic E-state index is 12.9. The highest BCUT2D eigenvalue weighted by atomic mass is 32.5. The Labute approximate surface area is 144 Å². The van der Waals surface area contributed by atoms with Crippen LogP contribution in [-0.2, 0) is 26.4 Å². The largest absolute Gasteiger partial charge is 0.333 e. The standard InChI is InChI=1S/C14H13N2O5PS2/c17-16(18)12-6-8-14(9-7-12)24(19,20)15-10-11-21-22(15,23)13-4-2-1-3-5-13/h1-9H,10-11H2. The third-order valence-corrected chi connectivity index (χ3v) is 10.6. The fourth-order valence-corrected chi connectivity index (χ4v) is 8.64. The highest BCUT2D eigenvalue weighted by molar-refractivity contribution is 8.18. The zero-order valence-electron chi connectivity index (χ0n) is 12.3. The van der Waals surface area contributed by atoms with E-state index in [2.05, 4.69) is 0 Å². The van der Waals surface area contributed by atoms with Gasteiger partial charge < -0.3 is 4.52 Å². The average molecular weight is 384 g/mol. The van der Waals surface area contributed by atoms with E-state index in [9.17, 15) is 18.5 Å². The molecule has 0 amide bonds. The zero-order chi connectivity index (χ0) is 17.4. The lowest BCUT2D eigenvalue weighted by atomic mass is 10.3. The summed E-state index contributed by atoms with van der Waals surface area (Å²) in [6, 6.07) is 13.6. The van der Waals surface area contributed by atoms with Crippen LogP contribution in [0.5, 0.6) is 0 Å². The average Bonchev–Trinajstić information content (AvgIpc) is 3.00. The van der Waals surface area contributed by atoms with Crippen LogP contribution in [0.1, 0.15) is 0 Å². The normalized spacial score (nSPS) is 21.7. The maximum Gasteiger partial charge on any atom is 0.269 e. The lowest BCUT2D eigenvalue weighted by Gasteiger charge is -2.26. The van der Waals surface area contributed by atoms with Crippen molar-refractivity contribution in [3.05, 3.63) is 64.7 Å². The van der Waals surface area contributed by atoms with Gasteiger partial charge in [-0.2, -0.15) is 0 Å². The molecule has 0 bridgehead atoms. The first kappa shape index (κ1) is 17.2. The van der Waals surface area contributed by atoms with Crippen molar-refractivity contribution in [2.45, 2.75) is 4.90 Å². The maximum atomic E-state index is 12.9. The summed E-state index contributed by atoms with van der Waals surface area (Å²) in [5.74, 6) is 0. The van der Waals surface area contributed by atoms with Gasteiger partial charge in [0.2, 0.25) is 10.0 Å². The van der Waals surface area contributed by atoms with Gasteiger partial charge in [-0.15, -0.1) is 4.08 Å². The van der Waals surface area contributed by atoms with Crippen molar-refractivity contribution in [2.24, 2.45) is 0 Å². The van der Waals surface area contributed by atoms with Crippen LogP contribution in [0, 0.1) is 10.1 Å². The zero-order valence-corrected chi connectivity index (χ0v) is 14.8. The first-order valence-electron chi connectivity index (χ1n) is 6.93. The number of nitro benzene ring substituents is 1. The fraction of sp³-hybridized carbons (Fsp3) is 0.143. The second-order valence-electron chi connectivity index (χ2n) is 4.99. The van der Waals surface area contributed by atoms with Crippen molar-refractivity contribution >= 4 is 39.2 Å². The minimum Gasteiger partial charge on any atom is -0.333 e. The second-order valence-corrected chi connectivity index (χ2v) is 10.9. The van der Waals surface area contributed by atoms with Gasteiger partial charge in [0.25, 0.3) is 5.69 Å². The Balaban J connectivity index is 2.03. The lowest BCUT2D eigenvalue weighted by molar-refractivity contribution is -0.384. The number of nitrogens with zero attached hydrogens (tertiary/aromatic N) is 2. The molecule has 0 radical (unpaired) electrons. The molecule has 126 valence electrons. The van der Waals surface area contributed by atoms with Gasteiger partial charge >= 0.3 is 0 Å². The summed E-state index contributed by atoms with van der Waals surface area (Å²) in [4.78, 5) is 10.1. The van der Waals surface area contributed by atoms with E-state index in [0.717, 1.165) is 12.1 Å². The molecule has 7 nitrogen and oxygen atoms in total. The Morgan fingerprint density at radius 1 is 1.12 bits per heavy atom. The van der Waals surface area contributed by atoms with E-state index in [1.165, 1.54) is 16.2 Å². The fourth-order valence-electron chi connectivity index (χ4n) is 2.38. The summed E-state index contributed by atoms with van der Waals surface area (Å²) in [5, 5.41) is 11.4. The van der Waals surface area contributed by atoms with Crippen LogP contribution in [0.25, 0.3) is 0 Å². The van der Waals surface area contributed by atoms with E-state index in [1.54, 1.807) is 24.3 Å². The van der Waals surface area contributed by atoms with Crippen LogP contribution in [-0.4, -0.2) is 30.6 Å². The molecule has 1 aliphatic rings. The molecule has 1 unspecified atom stereocenters. The van der Waals surface area contributed by atoms with Crippen molar-refractivity contribution in [2.75, 3.05) is 13.2 Å². The number of rotatable bonds is 4. The Morgan fingerprint density at radius 2 is 1.75 bits per heavy atom. The molecule has 0 aromatic heterocycles. The summed E-state index contributed by atoms with van der Waals surface area (Å²) >= 11 is 5.60. The molecule has 0 saturated carbocycles. The van der Waals surface area contributed by atoms with E-state index in [4.69, 9.17) is 16.3 Å². The van der Waals surface area contributed by atoms with Gasteiger partial charge in [0.05, 0.1) is 16.4 Å². The SMILES string of the molecule is O=[N+]([O-])c1ccc(S(=O)(=O)N2CCOP2(=S)c2ccccc2)cc1. The van der Waals surface area contributed by atoms with Crippen LogP contribution >= 0.6 is 6.42 Å². The number of sulfonamides is 1. The molecule has 1 heterocycles. The van der Waals surface area contributed by atoms with Crippen molar-refractivity contribution in [1.29, 1.82) is 0 Å². The van der Waals surface area contributed by atoms with E-state index >= 15 is 0 Å². The molecular weight excluding hydrogens is 371 g/mol. The van der Waals surface area contributed by atoms with Crippen LogP contribution < -0.4 is 5.30 Å². The Kier molecular flexibility index (Phi) is 4.54. The van der Waals surface area contributed by atoms with Gasteiger partial charge in [0.1, 0.15) is 0 Å². The molecule has 0 aliphatic carbocycles. The monoisotopic (exact) mass is 384 g/mol. The van der Waals surface area contributed by atoms with Crippen molar-refractivity contribution in [3.63, 3.8) is 0 Å². The predicted molar refractivity (Wildman–Crippen MR) is 93.3 cm³/mol. The summed E-state index contributed by atoms with van der Waals surface area (Å²) < 4.78 is 32.8. The van der Waals surface area contributed by atoms with Crippen LogP contribution in [0.2, 0.25) is 0 Å². The highest BCUT2D eigenvalue weighted by Gasteiger charge is 2.43. The molecule has 0 spiro atoms. The van der Waals surface area contributed by atoms with E-state index in [-0.39, 0.29) is 23.7 Å². The van der Waals surface area contributed by atoms with Gasteiger partial charge in [-0.25, -0.2) is 8.42 Å². The number of nitro groups is 1. The van der Waals surface area contributed by atoms with Crippen molar-refractivity contribution < 1.29 is 17.9 Å². The van der Waals surface area contributed by atoms with Crippen LogP contribution in [0.15, 0.2) is 59.5 Å². The molecule has 2 aromatic rings. The summed E-state index contributed by atoms with van der Waals surface area (Å²) in [7, 11) is -3.91. The van der Waals surface area contributed by atoms with Gasteiger partial charge in [0.15, 0.2) is 6.42 Å². The minimum absolute atomic E-state index is 0.0382. The smallest absolute Gasteiger partial charge is 0.269 e. The number of hydrogen-bond acceptors (Lipinski definition) is 6. The summed E-state index contributed by atoms with van der Waals surface area (Å²) in [6.45, 7) is 0.379. The predicted octanol–water partition coefficient (Wildman–Crippen LogP) is 2.25. The molecule has 24 heavy (non-hydrogen) atoms. The highest BCUT2D eigenvalue weighted by Crippen LogP contribution is 2.56. The molecule has 1 aliphatic heterocycles. The summed E-state index contributed by atoms with van der Waals surface area (Å²) in [5.41, 5.74) is -0.172. The Morgan fingerprint density at radius 3 is 2.33 bits per heavy atom. The lowest BCUT2D eigenvalue weighted by Crippen LogP contribution is -2.29. The van der Waals surface area contributed by atoms with Crippen molar-refractivity contribution in [3.8, 4) is 0 Å². The molecule has 1 saturated heterocycles. The summed E-state index contributed by atoms with van der Waals surface area (Å²) in [6.07, 6.45) is -2.91. The number of benzene rings is 2. The minimum atomic E-state index is -3.91. The number of non-ortho nitro benzene ring substituents is 1. The van der Waals surface area contributed by atoms with E-state index in [1.807, 2.05) is 6.07 Å².